The van der Waals surface area contributed by atoms with E-state index in [4.69, 9.17) is 38.0 Å². The van der Waals surface area contributed by atoms with E-state index in [1.807, 2.05) is 13.1 Å². The monoisotopic (exact) mass is 473 g/mol. The van der Waals surface area contributed by atoms with Gasteiger partial charge in [0.15, 0.2) is 16.3 Å². The van der Waals surface area contributed by atoms with Gasteiger partial charge in [0.05, 0.1) is 42.5 Å². The molecule has 0 spiro atoms. The highest BCUT2D eigenvalue weighted by atomic mass is 35.5. The molecular formula is C22H20ClN3O5S. The number of fused-ring (bicyclic) bond motifs is 2. The first-order chi connectivity index (χ1) is 15.4. The molecule has 2 unspecified atom stereocenters. The summed E-state index contributed by atoms with van der Waals surface area (Å²) in [5.74, 6) is 1.05. The van der Waals surface area contributed by atoms with E-state index in [2.05, 4.69) is 4.98 Å². The van der Waals surface area contributed by atoms with E-state index in [0.717, 1.165) is 22.4 Å². The number of hydrogen-bond donors (Lipinski definition) is 2. The second kappa shape index (κ2) is 7.84. The summed E-state index contributed by atoms with van der Waals surface area (Å²) in [6, 6.07) is 8.18. The molecule has 0 saturated carbocycles. The molecule has 8 nitrogen and oxygen atoms in total. The quantitative estimate of drug-likeness (QED) is 0.560. The zero-order valence-corrected chi connectivity index (χ0v) is 18.9. The maximum absolute atomic E-state index is 13.8. The van der Waals surface area contributed by atoms with Crippen molar-refractivity contribution in [3.05, 3.63) is 67.2 Å². The van der Waals surface area contributed by atoms with Crippen molar-refractivity contribution in [3.8, 4) is 28.8 Å². The molecule has 0 fully saturated rings. The average Bonchev–Trinajstić information content (AvgIpc) is 3.23. The lowest BCUT2D eigenvalue weighted by Gasteiger charge is -2.35. The van der Waals surface area contributed by atoms with E-state index in [-0.39, 0.29) is 17.1 Å². The Morgan fingerprint density at radius 1 is 1.31 bits per heavy atom. The van der Waals surface area contributed by atoms with Gasteiger partial charge in [-0.05, 0) is 41.9 Å². The molecule has 2 aromatic carbocycles. The maximum atomic E-state index is 13.8. The van der Waals surface area contributed by atoms with Crippen LogP contribution in [0.2, 0.25) is 5.02 Å². The Balaban J connectivity index is 1.81. The molecule has 0 saturated heterocycles. The van der Waals surface area contributed by atoms with Crippen molar-refractivity contribution < 1.29 is 24.2 Å². The predicted molar refractivity (Wildman–Crippen MR) is 118 cm³/mol. The summed E-state index contributed by atoms with van der Waals surface area (Å²) in [7, 11) is 3.48. The third-order valence-corrected chi connectivity index (χ3v) is 6.61. The first-order valence-electron chi connectivity index (χ1n) is 10.0. The number of hydrogen-bond acceptors (Lipinski definition) is 6. The third-order valence-electron chi connectivity index (χ3n) is 6.00. The summed E-state index contributed by atoms with van der Waals surface area (Å²) < 4.78 is 18.2. The van der Waals surface area contributed by atoms with Crippen molar-refractivity contribution in [2.24, 2.45) is 0 Å². The van der Waals surface area contributed by atoms with Crippen molar-refractivity contribution >= 4 is 23.8 Å². The van der Waals surface area contributed by atoms with Crippen LogP contribution in [0.15, 0.2) is 35.1 Å². The van der Waals surface area contributed by atoms with Crippen LogP contribution in [0.4, 0.5) is 0 Å². The van der Waals surface area contributed by atoms with Gasteiger partial charge < -0.3 is 24.2 Å². The van der Waals surface area contributed by atoms with Gasteiger partial charge in [-0.3, -0.25) is 14.3 Å². The second-order valence-electron chi connectivity index (χ2n) is 7.76. The zero-order chi connectivity index (χ0) is 22.6. The fraction of sp³-hybridized carbons (Fsp3) is 0.273. The summed E-state index contributed by atoms with van der Waals surface area (Å²) in [5, 5.41) is 14.1. The molecule has 0 amide bonds. The van der Waals surface area contributed by atoms with E-state index in [1.165, 1.54) is 11.7 Å². The predicted octanol–water partition coefficient (Wildman–Crippen LogP) is 1.52. The van der Waals surface area contributed by atoms with Crippen LogP contribution in [0.3, 0.4) is 0 Å². The number of nitrogens with zero attached hydrogens (tertiary/aromatic N) is 1. The number of aromatic nitrogens is 2. The first kappa shape index (κ1) is 20.9. The van der Waals surface area contributed by atoms with Gasteiger partial charge >= 0.3 is 0 Å². The molecule has 3 heterocycles. The molecule has 32 heavy (non-hydrogen) atoms. The van der Waals surface area contributed by atoms with Gasteiger partial charge in [-0.25, -0.2) is 0 Å². The Morgan fingerprint density at radius 2 is 2.09 bits per heavy atom. The standard InChI is InChI=1S/C22H20ClN3O5S/c1-25-8-7-11-9-14-18(31-10-30-14)19(29-2)15(11)17(25)16-20(27)24-22(32)26(21(16)28)13-6-4-3-5-12(13)23/h3-6,9,17,28H,7-8,10H2,1-2H3,(H,24,27,32). The molecule has 0 radical (unpaired) electrons. The number of aromatic amines is 1. The van der Waals surface area contributed by atoms with Gasteiger partial charge in [0.2, 0.25) is 12.5 Å². The largest absolute Gasteiger partial charge is 0.859 e. The molecular weight excluding hydrogens is 454 g/mol. The third kappa shape index (κ3) is 3.08. The van der Waals surface area contributed by atoms with Crippen LogP contribution in [-0.2, 0) is 6.42 Å². The minimum absolute atomic E-state index is 0.0109. The number of likely N-dealkylation sites (N-methyl/N-ethyl adjacent to an activating group) is 1. The molecule has 166 valence electrons. The van der Waals surface area contributed by atoms with Crippen molar-refractivity contribution in [1.82, 2.24) is 9.55 Å². The lowest BCUT2D eigenvalue weighted by Crippen LogP contribution is -3.10. The molecule has 0 aliphatic carbocycles. The smallest absolute Gasteiger partial charge is 0.260 e. The van der Waals surface area contributed by atoms with E-state index in [0.29, 0.717) is 34.5 Å². The van der Waals surface area contributed by atoms with Crippen molar-refractivity contribution in [2.75, 3.05) is 27.5 Å². The summed E-state index contributed by atoms with van der Waals surface area (Å²) >= 11 is 11.7. The van der Waals surface area contributed by atoms with E-state index in [1.54, 1.807) is 24.3 Å². The highest BCUT2D eigenvalue weighted by molar-refractivity contribution is 7.71. The molecule has 0 bridgehead atoms. The Hall–Kier alpha value is -3.01. The highest BCUT2D eigenvalue weighted by Gasteiger charge is 2.39. The molecule has 2 N–H and O–H groups in total. The van der Waals surface area contributed by atoms with Crippen LogP contribution in [0, 0.1) is 4.77 Å². The van der Waals surface area contributed by atoms with Crippen molar-refractivity contribution in [3.63, 3.8) is 0 Å². The Morgan fingerprint density at radius 3 is 2.84 bits per heavy atom. The van der Waals surface area contributed by atoms with E-state index in [9.17, 15) is 9.90 Å². The van der Waals surface area contributed by atoms with Gasteiger partial charge in [-0.15, -0.1) is 0 Å². The Kier molecular flexibility index (Phi) is 5.11. The van der Waals surface area contributed by atoms with Crippen molar-refractivity contribution in [2.45, 2.75) is 12.5 Å². The number of H-pyrrole nitrogens is 1. The van der Waals surface area contributed by atoms with Crippen LogP contribution in [0.1, 0.15) is 22.7 Å². The van der Waals surface area contributed by atoms with Gasteiger partial charge in [0.25, 0.3) is 5.56 Å². The van der Waals surface area contributed by atoms with Crippen LogP contribution in [0.5, 0.6) is 23.1 Å². The van der Waals surface area contributed by atoms with E-state index < -0.39 is 17.5 Å². The number of halogens is 1. The number of methoxy groups -OCH3 is 1. The maximum Gasteiger partial charge on any atom is 0.260 e. The van der Waals surface area contributed by atoms with Gasteiger partial charge in [0, 0.05) is 6.42 Å². The second-order valence-corrected chi connectivity index (χ2v) is 8.55. The number of benzene rings is 2. The summed E-state index contributed by atoms with van der Waals surface area (Å²) in [6.07, 6.45) is 0.737. The molecule has 5 rings (SSSR count). The number of rotatable bonds is 3. The number of nitrogens with one attached hydrogen (secondary N) is 2. The minimum atomic E-state index is -0.594. The fourth-order valence-corrected chi connectivity index (χ4v) is 5.05. The molecule has 2 atom stereocenters. The van der Waals surface area contributed by atoms with Crippen LogP contribution in [0.25, 0.3) is 5.69 Å². The lowest BCUT2D eigenvalue weighted by atomic mass is 9.87. The SMILES string of the molecule is COc1c2c(cc3c1C(c1c([O-])n(-c4ccccc4Cl)c(=S)[nH]c1=O)[NH+](C)CC3)OCO2. The molecule has 10 heteroatoms. The number of ether oxygens (including phenoxy) is 3. The van der Waals surface area contributed by atoms with Gasteiger partial charge in [-0.1, -0.05) is 23.7 Å². The summed E-state index contributed by atoms with van der Waals surface area (Å²) in [4.78, 5) is 16.8. The van der Waals surface area contributed by atoms with Crippen LogP contribution in [-0.4, -0.2) is 37.0 Å². The highest BCUT2D eigenvalue weighted by Crippen LogP contribution is 2.48. The average molecular weight is 474 g/mol. The zero-order valence-electron chi connectivity index (χ0n) is 17.4. The molecule has 2 aliphatic heterocycles. The Labute approximate surface area is 193 Å². The normalized spacial score (nSPS) is 19.0. The van der Waals surface area contributed by atoms with Gasteiger partial charge in [-0.2, -0.15) is 0 Å². The fourth-order valence-electron chi connectivity index (χ4n) is 4.55. The van der Waals surface area contributed by atoms with E-state index >= 15 is 0 Å². The first-order valence-corrected chi connectivity index (χ1v) is 10.8. The summed E-state index contributed by atoms with van der Waals surface area (Å²) in [5.41, 5.74) is 1.64. The number of quaternary nitrogens is 1. The topological polar surface area (TPSA) is 93.0 Å². The molecule has 2 aliphatic rings. The van der Waals surface area contributed by atoms with Gasteiger partial charge in [0.1, 0.15) is 6.04 Å². The number of para-hydroxylation sites is 1. The minimum Gasteiger partial charge on any atom is -0.859 e. The van der Waals surface area contributed by atoms with Crippen molar-refractivity contribution in [1.29, 1.82) is 0 Å². The molecule has 3 aromatic rings. The lowest BCUT2D eigenvalue weighted by molar-refractivity contribution is -0.908. The van der Waals surface area contributed by atoms with Crippen LogP contribution >= 0.6 is 23.8 Å². The Bertz CT molecular complexity index is 1350. The van der Waals surface area contributed by atoms with Crippen LogP contribution < -0.4 is 29.8 Å². The molecule has 1 aromatic heterocycles. The summed E-state index contributed by atoms with van der Waals surface area (Å²) in [6.45, 7) is 0.799.